The summed E-state index contributed by atoms with van der Waals surface area (Å²) in [6.45, 7) is 4.96. The molecule has 0 saturated carbocycles. The van der Waals surface area contributed by atoms with E-state index in [-0.39, 0.29) is 25.0 Å². The topological polar surface area (TPSA) is 87.3 Å². The van der Waals surface area contributed by atoms with Gasteiger partial charge in [-0.2, -0.15) is 0 Å². The molecule has 0 bridgehead atoms. The summed E-state index contributed by atoms with van der Waals surface area (Å²) in [6.07, 6.45) is 3.10. The molecule has 1 amide bonds. The summed E-state index contributed by atoms with van der Waals surface area (Å²) in [5, 5.41) is 5.71. The molecule has 0 rings (SSSR count). The Balaban J connectivity index is 3.52. The van der Waals surface area contributed by atoms with E-state index in [0.717, 1.165) is 19.1 Å². The van der Waals surface area contributed by atoms with Crippen molar-refractivity contribution in [1.29, 1.82) is 0 Å². The second-order valence-corrected chi connectivity index (χ2v) is 5.93. The van der Waals surface area contributed by atoms with Gasteiger partial charge in [-0.05, 0) is 13.3 Å². The van der Waals surface area contributed by atoms with E-state index in [0.29, 0.717) is 6.54 Å². The van der Waals surface area contributed by atoms with Gasteiger partial charge in [0.15, 0.2) is 0 Å². The predicted molar refractivity (Wildman–Crippen MR) is 68.2 cm³/mol. The smallest absolute Gasteiger partial charge is 0.234 e. The highest BCUT2D eigenvalue weighted by Gasteiger charge is 2.05. The molecule has 3 N–H and O–H groups in total. The number of rotatable bonds is 9. The van der Waals surface area contributed by atoms with E-state index in [1.54, 1.807) is 0 Å². The third-order valence-electron chi connectivity index (χ3n) is 2.08. The maximum Gasteiger partial charge on any atom is 0.234 e. The van der Waals surface area contributed by atoms with Gasteiger partial charge in [-0.25, -0.2) is 13.1 Å². The third kappa shape index (κ3) is 11.6. The fraction of sp³-hybridized carbons (Fsp3) is 0.900. The lowest BCUT2D eigenvalue weighted by molar-refractivity contribution is -0.120. The first kappa shape index (κ1) is 16.3. The molecule has 0 aliphatic carbocycles. The molecule has 0 aromatic rings. The molecule has 1 atom stereocenters. The van der Waals surface area contributed by atoms with Crippen LogP contribution in [0.2, 0.25) is 0 Å². The van der Waals surface area contributed by atoms with Gasteiger partial charge in [0.2, 0.25) is 15.9 Å². The first-order chi connectivity index (χ1) is 7.85. The molecule has 0 aliphatic rings. The number of hydrogen-bond donors (Lipinski definition) is 3. The van der Waals surface area contributed by atoms with E-state index in [2.05, 4.69) is 22.3 Å². The Morgan fingerprint density at radius 3 is 2.47 bits per heavy atom. The summed E-state index contributed by atoms with van der Waals surface area (Å²) in [4.78, 5) is 11.4. The number of amides is 1. The summed E-state index contributed by atoms with van der Waals surface area (Å²) < 4.78 is 23.8. The standard InChI is InChI=1S/C10H23N3O3S/c1-4-5-9(2)13-10(14)8-11-6-7-12-17(3,15)16/h9,11-12H,4-8H2,1-3H3,(H,13,14). The summed E-state index contributed by atoms with van der Waals surface area (Å²) in [5.74, 6) is -0.0645. The highest BCUT2D eigenvalue weighted by atomic mass is 32.2. The molecule has 0 saturated heterocycles. The minimum Gasteiger partial charge on any atom is -0.353 e. The lowest BCUT2D eigenvalue weighted by atomic mass is 10.2. The van der Waals surface area contributed by atoms with Crippen LogP contribution in [0, 0.1) is 0 Å². The Bertz CT molecular complexity index is 317. The molecule has 0 aromatic heterocycles. The predicted octanol–water partition coefficient (Wildman–Crippen LogP) is -0.570. The van der Waals surface area contributed by atoms with Crippen molar-refractivity contribution in [3.8, 4) is 0 Å². The minimum absolute atomic E-state index is 0.0645. The molecule has 6 nitrogen and oxygen atoms in total. The number of nitrogens with one attached hydrogen (secondary N) is 3. The zero-order valence-electron chi connectivity index (χ0n) is 10.7. The summed E-state index contributed by atoms with van der Waals surface area (Å²) in [7, 11) is -3.14. The van der Waals surface area contributed by atoms with E-state index in [1.165, 1.54) is 0 Å². The molecule has 0 heterocycles. The van der Waals surface area contributed by atoms with E-state index in [1.807, 2.05) is 6.92 Å². The third-order valence-corrected chi connectivity index (χ3v) is 2.81. The quantitative estimate of drug-likeness (QED) is 0.487. The lowest BCUT2D eigenvalue weighted by Crippen LogP contribution is -2.41. The lowest BCUT2D eigenvalue weighted by Gasteiger charge is -2.13. The van der Waals surface area contributed by atoms with Crippen molar-refractivity contribution >= 4 is 15.9 Å². The van der Waals surface area contributed by atoms with Crippen molar-refractivity contribution in [2.45, 2.75) is 32.7 Å². The Kier molecular flexibility index (Phi) is 8.11. The van der Waals surface area contributed by atoms with Gasteiger partial charge < -0.3 is 10.6 Å². The van der Waals surface area contributed by atoms with Crippen molar-refractivity contribution in [2.24, 2.45) is 0 Å². The number of carbonyl (C=O) groups is 1. The maximum atomic E-state index is 11.4. The number of sulfonamides is 1. The summed E-state index contributed by atoms with van der Waals surface area (Å²) in [5.41, 5.74) is 0. The summed E-state index contributed by atoms with van der Waals surface area (Å²) >= 11 is 0. The molecule has 1 unspecified atom stereocenters. The molecule has 0 radical (unpaired) electrons. The average Bonchev–Trinajstić information content (AvgIpc) is 2.15. The zero-order valence-corrected chi connectivity index (χ0v) is 11.6. The van der Waals surface area contributed by atoms with Gasteiger partial charge in [0.25, 0.3) is 0 Å². The van der Waals surface area contributed by atoms with Crippen molar-refractivity contribution < 1.29 is 13.2 Å². The van der Waals surface area contributed by atoms with Gasteiger partial charge in [-0.15, -0.1) is 0 Å². The average molecular weight is 265 g/mol. The highest BCUT2D eigenvalue weighted by molar-refractivity contribution is 7.88. The van der Waals surface area contributed by atoms with Crippen molar-refractivity contribution in [3.05, 3.63) is 0 Å². The van der Waals surface area contributed by atoms with Crippen LogP contribution >= 0.6 is 0 Å². The van der Waals surface area contributed by atoms with Crippen LogP contribution in [0.15, 0.2) is 0 Å². The van der Waals surface area contributed by atoms with E-state index >= 15 is 0 Å². The van der Waals surface area contributed by atoms with Crippen LogP contribution in [0.25, 0.3) is 0 Å². The van der Waals surface area contributed by atoms with Crippen LogP contribution in [0.5, 0.6) is 0 Å². The van der Waals surface area contributed by atoms with E-state index < -0.39 is 10.0 Å². The van der Waals surface area contributed by atoms with Gasteiger partial charge in [0.05, 0.1) is 12.8 Å². The number of hydrogen-bond acceptors (Lipinski definition) is 4. The second-order valence-electron chi connectivity index (χ2n) is 4.10. The monoisotopic (exact) mass is 265 g/mol. The van der Waals surface area contributed by atoms with Crippen molar-refractivity contribution in [2.75, 3.05) is 25.9 Å². The highest BCUT2D eigenvalue weighted by Crippen LogP contribution is 1.93. The molecular weight excluding hydrogens is 242 g/mol. The molecular formula is C10H23N3O3S. The van der Waals surface area contributed by atoms with Crippen LogP contribution in [-0.4, -0.2) is 46.3 Å². The van der Waals surface area contributed by atoms with Gasteiger partial charge in [0.1, 0.15) is 0 Å². The van der Waals surface area contributed by atoms with Crippen LogP contribution < -0.4 is 15.4 Å². The Morgan fingerprint density at radius 2 is 1.94 bits per heavy atom. The van der Waals surface area contributed by atoms with Crippen LogP contribution in [0.1, 0.15) is 26.7 Å². The Hall–Kier alpha value is -0.660. The molecule has 0 spiro atoms. The largest absolute Gasteiger partial charge is 0.353 e. The zero-order chi connectivity index (χ0) is 13.3. The van der Waals surface area contributed by atoms with Crippen LogP contribution in [0.3, 0.4) is 0 Å². The van der Waals surface area contributed by atoms with Crippen molar-refractivity contribution in [3.63, 3.8) is 0 Å². The Labute approximate surface area is 104 Å². The maximum absolute atomic E-state index is 11.4. The molecule has 0 aliphatic heterocycles. The molecule has 102 valence electrons. The molecule has 17 heavy (non-hydrogen) atoms. The first-order valence-corrected chi connectivity index (χ1v) is 7.69. The summed E-state index contributed by atoms with van der Waals surface area (Å²) in [6, 6.07) is 0.184. The fourth-order valence-corrected chi connectivity index (χ4v) is 1.83. The molecule has 0 aromatic carbocycles. The van der Waals surface area contributed by atoms with Crippen LogP contribution in [0.4, 0.5) is 0 Å². The fourth-order valence-electron chi connectivity index (χ4n) is 1.36. The van der Waals surface area contributed by atoms with Gasteiger partial charge in [-0.1, -0.05) is 13.3 Å². The second kappa shape index (κ2) is 8.43. The van der Waals surface area contributed by atoms with E-state index in [9.17, 15) is 13.2 Å². The SMILES string of the molecule is CCCC(C)NC(=O)CNCCNS(C)(=O)=O. The Morgan fingerprint density at radius 1 is 1.29 bits per heavy atom. The van der Waals surface area contributed by atoms with Gasteiger partial charge in [-0.3, -0.25) is 4.79 Å². The minimum atomic E-state index is -3.14. The molecule has 7 heteroatoms. The molecule has 0 fully saturated rings. The normalized spacial score (nSPS) is 13.4. The van der Waals surface area contributed by atoms with Crippen LogP contribution in [-0.2, 0) is 14.8 Å². The van der Waals surface area contributed by atoms with E-state index in [4.69, 9.17) is 0 Å². The van der Waals surface area contributed by atoms with Gasteiger partial charge in [0, 0.05) is 19.1 Å². The first-order valence-electron chi connectivity index (χ1n) is 5.80. The number of carbonyl (C=O) groups excluding carboxylic acids is 1. The van der Waals surface area contributed by atoms with Crippen molar-refractivity contribution in [1.82, 2.24) is 15.4 Å². The van der Waals surface area contributed by atoms with Gasteiger partial charge >= 0.3 is 0 Å².